The molecule has 0 rings (SSSR count). The maximum absolute atomic E-state index is 8.36. The first-order valence-corrected chi connectivity index (χ1v) is 15.2. The van der Waals surface area contributed by atoms with Crippen LogP contribution >= 0.6 is 15.9 Å². The number of terminal acetylenes is 3. The molecule has 43 heavy (non-hydrogen) atoms. The Morgan fingerprint density at radius 1 is 0.419 bits per heavy atom. The van der Waals surface area contributed by atoms with Crippen molar-refractivity contribution in [1.29, 1.82) is 0 Å². The van der Waals surface area contributed by atoms with E-state index < -0.39 is 0 Å². The first-order chi connectivity index (χ1) is 21.2. The fourth-order valence-electron chi connectivity index (χ4n) is 2.02. The topological polar surface area (TPSA) is 144 Å². The molecule has 254 valence electrons. The van der Waals surface area contributed by atoms with E-state index in [9.17, 15) is 0 Å². The number of rotatable bonds is 28. The normalized spacial score (nSPS) is 9.63. The van der Waals surface area contributed by atoms with Crippen molar-refractivity contribution in [2.45, 2.75) is 13.3 Å². The summed E-state index contributed by atoms with van der Waals surface area (Å²) >= 11 is 3.01. The van der Waals surface area contributed by atoms with Crippen LogP contribution in [0.4, 0.5) is 0 Å². The summed E-state index contributed by atoms with van der Waals surface area (Å²) in [7, 11) is 0. The van der Waals surface area contributed by atoms with Gasteiger partial charge in [0.2, 0.25) is 0 Å². The van der Waals surface area contributed by atoms with E-state index in [1.807, 2.05) is 0 Å². The molecule has 0 aliphatic rings. The van der Waals surface area contributed by atoms with Gasteiger partial charge in [0.25, 0.3) is 0 Å². The van der Waals surface area contributed by atoms with Crippen LogP contribution in [0.5, 0.6) is 0 Å². The van der Waals surface area contributed by atoms with Gasteiger partial charge in [-0.2, -0.15) is 0 Å². The van der Waals surface area contributed by atoms with Gasteiger partial charge in [-0.25, -0.2) is 0 Å². The molecule has 0 unspecified atom stereocenters. The molecule has 12 nitrogen and oxygen atoms in total. The molecule has 0 aliphatic carbocycles. The average molecular weight is 688 g/mol. The number of hydrogen-bond donors (Lipinski definition) is 3. The summed E-state index contributed by atoms with van der Waals surface area (Å²) in [4.78, 5) is 0. The molecule has 0 aromatic rings. The first-order valence-electron chi connectivity index (χ1n) is 14.0. The molecule has 0 aliphatic heterocycles. The maximum atomic E-state index is 8.36. The molecule has 0 saturated heterocycles. The van der Waals surface area contributed by atoms with Gasteiger partial charge in [-0.05, 0) is 6.42 Å². The zero-order valence-corrected chi connectivity index (χ0v) is 27.5. The summed E-state index contributed by atoms with van der Waals surface area (Å²) < 4.78 is 45.5. The lowest BCUT2D eigenvalue weighted by atomic mass is 10.5. The van der Waals surface area contributed by atoms with Crippen molar-refractivity contribution < 1.29 is 58.0 Å². The van der Waals surface area contributed by atoms with Crippen molar-refractivity contribution in [2.75, 3.05) is 144 Å². The second kappa shape index (κ2) is 56.5. The fourth-order valence-corrected chi connectivity index (χ4v) is 2.02. The minimum absolute atomic E-state index is 0.0413. The molecular formula is C30H55BrO12. The zero-order valence-electron chi connectivity index (χ0n) is 25.9. The maximum Gasteiger partial charge on any atom is 0.107 e. The molecule has 0 heterocycles. The number of halogens is 1. The van der Waals surface area contributed by atoms with Gasteiger partial charge in [-0.15, -0.1) is 19.3 Å². The van der Waals surface area contributed by atoms with Crippen LogP contribution < -0.4 is 0 Å². The molecule has 0 saturated carbocycles. The Balaban J connectivity index is -0.000000249. The number of alkyl halides is 1. The van der Waals surface area contributed by atoms with Crippen LogP contribution in [0.3, 0.4) is 0 Å². The molecule has 0 fully saturated rings. The van der Waals surface area contributed by atoms with Gasteiger partial charge in [-0.1, -0.05) is 40.6 Å². The van der Waals surface area contributed by atoms with Gasteiger partial charge in [0.1, 0.15) is 13.2 Å². The quantitative estimate of drug-likeness (QED) is 0.0608. The largest absolute Gasteiger partial charge is 0.394 e. The second-order valence-electron chi connectivity index (χ2n) is 7.31. The summed E-state index contributed by atoms with van der Waals surface area (Å²) in [6.07, 6.45) is 15.7. The van der Waals surface area contributed by atoms with Crippen LogP contribution in [0.2, 0.25) is 0 Å². The first kappa shape index (κ1) is 48.6. The lowest BCUT2D eigenvalue weighted by Gasteiger charge is -2.04. The molecule has 0 aromatic carbocycles. The minimum atomic E-state index is 0.0413. The highest BCUT2D eigenvalue weighted by molar-refractivity contribution is 9.09. The molecule has 13 heteroatoms. The molecule has 0 aromatic heterocycles. The van der Waals surface area contributed by atoms with Crippen molar-refractivity contribution in [2.24, 2.45) is 0 Å². The smallest absolute Gasteiger partial charge is 0.107 e. The molecule has 3 N–H and O–H groups in total. The van der Waals surface area contributed by atoms with Crippen LogP contribution in [0, 0.1) is 37.0 Å². The Labute approximate surface area is 268 Å². The summed E-state index contributed by atoms with van der Waals surface area (Å²) in [5.41, 5.74) is 0. The summed E-state index contributed by atoms with van der Waals surface area (Å²) in [6, 6.07) is 0. The Morgan fingerprint density at radius 2 is 0.651 bits per heavy atom. The van der Waals surface area contributed by atoms with Crippen LogP contribution in [-0.4, -0.2) is 159 Å². The minimum Gasteiger partial charge on any atom is -0.394 e. The number of hydrogen-bond acceptors (Lipinski definition) is 12. The van der Waals surface area contributed by atoms with E-state index in [1.54, 1.807) is 0 Å². The summed E-state index contributed by atoms with van der Waals surface area (Å²) in [6.45, 7) is 11.2. The lowest BCUT2D eigenvalue weighted by Crippen LogP contribution is -2.11. The van der Waals surface area contributed by atoms with Crippen molar-refractivity contribution in [1.82, 2.24) is 0 Å². The van der Waals surface area contributed by atoms with Gasteiger partial charge in [0.05, 0.1) is 124 Å². The Morgan fingerprint density at radius 3 is 0.860 bits per heavy atom. The molecule has 0 bridgehead atoms. The number of aliphatic hydroxyl groups excluding tert-OH is 3. The van der Waals surface area contributed by atoms with E-state index in [1.165, 1.54) is 0 Å². The third-order valence-electron chi connectivity index (χ3n) is 3.74. The predicted molar refractivity (Wildman–Crippen MR) is 169 cm³/mol. The highest BCUT2D eigenvalue weighted by Crippen LogP contribution is 1.83. The predicted octanol–water partition coefficient (Wildman–Crippen LogP) is 0.776. The third-order valence-corrected chi connectivity index (χ3v) is 4.06. The van der Waals surface area contributed by atoms with Gasteiger partial charge < -0.3 is 58.0 Å². The van der Waals surface area contributed by atoms with E-state index in [-0.39, 0.29) is 19.8 Å². The van der Waals surface area contributed by atoms with E-state index in [4.69, 9.17) is 77.2 Å². The van der Waals surface area contributed by atoms with Crippen molar-refractivity contribution in [3.63, 3.8) is 0 Å². The standard InChI is InChI=1S/C10H18O3.C9H16O4.C8H18O5.C3H3Br/c1-3-5-11-7-9-13-10-8-12-6-4-2;1-2-4-11-6-8-13-9-7-12-5-3-10;9-1-3-11-5-7-13-8-6-12-4-2-10;1-2-3-4/h1H,4-10H2,2H3;1,10H,3-9H2;9-10H,1-8H2;1H,3H2. The Hall–Kier alpha value is -1.32. The molecule has 0 spiro atoms. The van der Waals surface area contributed by atoms with Crippen LogP contribution in [0.15, 0.2) is 0 Å². The Kier molecular flexibility index (Phi) is 63.8. The third kappa shape index (κ3) is 69.1. The second-order valence-corrected chi connectivity index (χ2v) is 7.87. The fraction of sp³-hybridized carbons (Fsp3) is 0.800. The Bertz CT molecular complexity index is 537. The van der Waals surface area contributed by atoms with Gasteiger partial charge in [0.15, 0.2) is 0 Å². The van der Waals surface area contributed by atoms with Crippen LogP contribution in [0.25, 0.3) is 0 Å². The monoisotopic (exact) mass is 686 g/mol. The SMILES string of the molecule is C#CCBr.C#CCOCCOCCOCCC.C#CCOCCOCCOCCO.OCCOCCOCCOCCO. The van der Waals surface area contributed by atoms with Gasteiger partial charge in [-0.3, -0.25) is 0 Å². The highest BCUT2D eigenvalue weighted by atomic mass is 79.9. The van der Waals surface area contributed by atoms with Crippen molar-refractivity contribution in [3.05, 3.63) is 0 Å². The van der Waals surface area contributed by atoms with E-state index in [0.717, 1.165) is 13.0 Å². The molecule has 0 radical (unpaired) electrons. The van der Waals surface area contributed by atoms with Gasteiger partial charge >= 0.3 is 0 Å². The molecular weight excluding hydrogens is 632 g/mol. The number of ether oxygens (including phenoxy) is 9. The van der Waals surface area contributed by atoms with E-state index >= 15 is 0 Å². The zero-order chi connectivity index (χ0) is 32.7. The molecule has 0 amide bonds. The van der Waals surface area contributed by atoms with Crippen LogP contribution in [-0.2, 0) is 42.6 Å². The summed E-state index contributed by atoms with van der Waals surface area (Å²) in [5, 5.41) is 25.7. The van der Waals surface area contributed by atoms with Gasteiger partial charge in [0, 0.05) is 6.61 Å². The van der Waals surface area contributed by atoms with Crippen molar-refractivity contribution >= 4 is 15.9 Å². The average Bonchev–Trinajstić information content (AvgIpc) is 3.03. The lowest BCUT2D eigenvalue weighted by molar-refractivity contribution is 0.00230. The van der Waals surface area contributed by atoms with Crippen LogP contribution in [0.1, 0.15) is 13.3 Å². The highest BCUT2D eigenvalue weighted by Gasteiger charge is 1.91. The van der Waals surface area contributed by atoms with E-state index in [0.29, 0.717) is 118 Å². The van der Waals surface area contributed by atoms with E-state index in [2.05, 4.69) is 40.6 Å². The number of aliphatic hydroxyl groups is 3. The van der Waals surface area contributed by atoms with Crippen molar-refractivity contribution in [3.8, 4) is 37.0 Å². The summed E-state index contributed by atoms with van der Waals surface area (Å²) in [5.74, 6) is 7.09. The molecule has 0 atom stereocenters.